The predicted octanol–water partition coefficient (Wildman–Crippen LogP) is 2.95. The number of carbonyl (C=O) groups excluding carboxylic acids is 2. The van der Waals surface area contributed by atoms with Crippen molar-refractivity contribution < 1.29 is 14.3 Å². The molecule has 1 aromatic heterocycles. The number of esters is 1. The maximum atomic E-state index is 12.3. The number of amides is 1. The van der Waals surface area contributed by atoms with Crippen LogP contribution in [0.5, 0.6) is 0 Å². The lowest BCUT2D eigenvalue weighted by Gasteiger charge is -2.11. The number of unbranched alkanes of at least 4 members (excludes halogenated alkanes) is 1. The van der Waals surface area contributed by atoms with E-state index >= 15 is 0 Å². The number of thioether (sulfide) groups is 1. The van der Waals surface area contributed by atoms with Crippen molar-refractivity contribution in [2.45, 2.75) is 44.2 Å². The number of rotatable bonds is 8. The zero-order valence-corrected chi connectivity index (χ0v) is 16.6. The third kappa shape index (κ3) is 5.01. The molecule has 0 aliphatic heterocycles. The van der Waals surface area contributed by atoms with Gasteiger partial charge in [0.25, 0.3) is 5.56 Å². The van der Waals surface area contributed by atoms with Crippen LogP contribution in [0.4, 0.5) is 5.69 Å². The Morgan fingerprint density at radius 3 is 2.93 bits per heavy atom. The second-order valence-corrected chi connectivity index (χ2v) is 7.49. The minimum atomic E-state index is -0.457. The lowest BCUT2D eigenvalue weighted by Crippen LogP contribution is -2.19. The van der Waals surface area contributed by atoms with Gasteiger partial charge in [0.05, 0.1) is 29.3 Å². The SMILES string of the molecule is CCCCOC(=O)c1ccccc1NC(=O)CSc1nc2c(c(=O)[nH]1)CCC2. The molecule has 2 N–H and O–H groups in total. The fraction of sp³-hybridized carbons (Fsp3) is 0.400. The number of anilines is 1. The Labute approximate surface area is 167 Å². The predicted molar refractivity (Wildman–Crippen MR) is 108 cm³/mol. The number of nitrogens with one attached hydrogen (secondary N) is 2. The number of nitrogens with zero attached hydrogens (tertiary/aromatic N) is 1. The Balaban J connectivity index is 1.60. The maximum absolute atomic E-state index is 12.3. The van der Waals surface area contributed by atoms with Crippen molar-refractivity contribution in [2.75, 3.05) is 17.7 Å². The number of aromatic nitrogens is 2. The van der Waals surface area contributed by atoms with Crippen LogP contribution >= 0.6 is 11.8 Å². The monoisotopic (exact) mass is 401 g/mol. The molecular formula is C20H23N3O4S. The van der Waals surface area contributed by atoms with E-state index in [1.165, 1.54) is 0 Å². The number of H-pyrrole nitrogens is 1. The molecule has 0 radical (unpaired) electrons. The molecule has 0 saturated heterocycles. The molecule has 0 unspecified atom stereocenters. The fourth-order valence-corrected chi connectivity index (χ4v) is 3.64. The van der Waals surface area contributed by atoms with Gasteiger partial charge in [-0.05, 0) is 37.8 Å². The Hall–Kier alpha value is -2.61. The van der Waals surface area contributed by atoms with Gasteiger partial charge < -0.3 is 15.0 Å². The molecule has 7 nitrogen and oxygen atoms in total. The van der Waals surface area contributed by atoms with Gasteiger partial charge in [0.1, 0.15) is 0 Å². The first kappa shape index (κ1) is 20.1. The molecule has 28 heavy (non-hydrogen) atoms. The topological polar surface area (TPSA) is 101 Å². The highest BCUT2D eigenvalue weighted by atomic mass is 32.2. The molecule has 1 amide bonds. The Bertz CT molecular complexity index is 926. The van der Waals surface area contributed by atoms with Crippen LogP contribution in [0.1, 0.15) is 47.8 Å². The summed E-state index contributed by atoms with van der Waals surface area (Å²) in [5.41, 5.74) is 2.19. The molecule has 3 rings (SSSR count). The van der Waals surface area contributed by atoms with E-state index in [9.17, 15) is 14.4 Å². The molecule has 1 heterocycles. The van der Waals surface area contributed by atoms with Gasteiger partial charge in [-0.1, -0.05) is 37.2 Å². The molecule has 1 aromatic carbocycles. The van der Waals surface area contributed by atoms with E-state index in [0.717, 1.165) is 55.1 Å². The summed E-state index contributed by atoms with van der Waals surface area (Å²) in [6.45, 7) is 2.37. The number of hydrogen-bond acceptors (Lipinski definition) is 6. The largest absolute Gasteiger partial charge is 0.462 e. The van der Waals surface area contributed by atoms with Gasteiger partial charge in [-0.15, -0.1) is 0 Å². The minimum Gasteiger partial charge on any atom is -0.462 e. The van der Waals surface area contributed by atoms with Crippen LogP contribution in [0.25, 0.3) is 0 Å². The Kier molecular flexibility index (Phi) is 6.86. The molecule has 2 aromatic rings. The van der Waals surface area contributed by atoms with E-state index in [1.807, 2.05) is 6.92 Å². The van der Waals surface area contributed by atoms with Crippen molar-refractivity contribution in [2.24, 2.45) is 0 Å². The van der Waals surface area contributed by atoms with Crippen molar-refractivity contribution in [3.8, 4) is 0 Å². The molecule has 0 saturated carbocycles. The first-order valence-electron chi connectivity index (χ1n) is 9.39. The summed E-state index contributed by atoms with van der Waals surface area (Å²) < 4.78 is 5.23. The normalized spacial score (nSPS) is 12.5. The lowest BCUT2D eigenvalue weighted by atomic mass is 10.2. The van der Waals surface area contributed by atoms with Gasteiger partial charge in [-0.3, -0.25) is 9.59 Å². The maximum Gasteiger partial charge on any atom is 0.340 e. The highest BCUT2D eigenvalue weighted by Crippen LogP contribution is 2.21. The fourth-order valence-electron chi connectivity index (χ4n) is 2.96. The van der Waals surface area contributed by atoms with Gasteiger partial charge in [0.15, 0.2) is 5.16 Å². The Morgan fingerprint density at radius 2 is 2.11 bits per heavy atom. The smallest absolute Gasteiger partial charge is 0.340 e. The number of benzene rings is 1. The lowest BCUT2D eigenvalue weighted by molar-refractivity contribution is -0.113. The van der Waals surface area contributed by atoms with E-state index < -0.39 is 5.97 Å². The highest BCUT2D eigenvalue weighted by molar-refractivity contribution is 7.99. The average Bonchev–Trinajstić information content (AvgIpc) is 3.16. The van der Waals surface area contributed by atoms with Gasteiger partial charge in [0, 0.05) is 5.56 Å². The number of para-hydroxylation sites is 1. The molecule has 148 valence electrons. The van der Waals surface area contributed by atoms with E-state index in [4.69, 9.17) is 4.74 Å². The van der Waals surface area contributed by atoms with Gasteiger partial charge >= 0.3 is 5.97 Å². The number of fused-ring (bicyclic) bond motifs is 1. The van der Waals surface area contributed by atoms with Crippen LogP contribution in [0, 0.1) is 0 Å². The molecule has 0 atom stereocenters. The zero-order chi connectivity index (χ0) is 19.9. The zero-order valence-electron chi connectivity index (χ0n) is 15.7. The third-order valence-electron chi connectivity index (χ3n) is 4.41. The van der Waals surface area contributed by atoms with Crippen molar-refractivity contribution in [3.63, 3.8) is 0 Å². The van der Waals surface area contributed by atoms with Gasteiger partial charge in [-0.25, -0.2) is 9.78 Å². The quantitative estimate of drug-likeness (QED) is 0.305. The molecular weight excluding hydrogens is 378 g/mol. The molecule has 0 bridgehead atoms. The minimum absolute atomic E-state index is 0.0704. The molecule has 0 spiro atoms. The number of carbonyl (C=O) groups is 2. The third-order valence-corrected chi connectivity index (χ3v) is 5.29. The number of ether oxygens (including phenoxy) is 1. The van der Waals surface area contributed by atoms with Gasteiger partial charge in [-0.2, -0.15) is 0 Å². The summed E-state index contributed by atoms with van der Waals surface area (Å²) in [6.07, 6.45) is 4.22. The van der Waals surface area contributed by atoms with Crippen LogP contribution in [0.3, 0.4) is 0 Å². The highest BCUT2D eigenvalue weighted by Gasteiger charge is 2.18. The molecule has 1 aliphatic rings. The van der Waals surface area contributed by atoms with Crippen molar-refractivity contribution in [1.29, 1.82) is 0 Å². The van der Waals surface area contributed by atoms with Crippen molar-refractivity contribution >= 4 is 29.3 Å². The Morgan fingerprint density at radius 1 is 1.29 bits per heavy atom. The number of hydrogen-bond donors (Lipinski definition) is 2. The second-order valence-electron chi connectivity index (χ2n) is 6.52. The summed E-state index contributed by atoms with van der Waals surface area (Å²) in [6, 6.07) is 6.75. The first-order valence-corrected chi connectivity index (χ1v) is 10.4. The number of aryl methyl sites for hydroxylation is 1. The summed E-state index contributed by atoms with van der Waals surface area (Å²) >= 11 is 1.16. The standard InChI is InChI=1S/C20H23N3O4S/c1-2-3-11-27-19(26)14-7-4-5-9-16(14)21-17(24)12-28-20-22-15-10-6-8-13(15)18(25)23-20/h4-5,7,9H,2-3,6,8,10-12H2,1H3,(H,21,24)(H,22,23,25). The van der Waals surface area contributed by atoms with E-state index in [1.54, 1.807) is 24.3 Å². The van der Waals surface area contributed by atoms with E-state index in [2.05, 4.69) is 15.3 Å². The van der Waals surface area contributed by atoms with Crippen LogP contribution in [-0.4, -0.2) is 34.2 Å². The van der Waals surface area contributed by atoms with Crippen LogP contribution in [-0.2, 0) is 22.4 Å². The van der Waals surface area contributed by atoms with E-state index in [-0.39, 0.29) is 17.2 Å². The van der Waals surface area contributed by atoms with Crippen molar-refractivity contribution in [1.82, 2.24) is 9.97 Å². The van der Waals surface area contributed by atoms with Gasteiger partial charge in [0.2, 0.25) is 5.91 Å². The first-order chi connectivity index (χ1) is 13.6. The molecule has 0 fully saturated rings. The summed E-state index contributed by atoms with van der Waals surface area (Å²) in [5.74, 6) is -0.676. The van der Waals surface area contributed by atoms with Crippen LogP contribution in [0.15, 0.2) is 34.2 Å². The van der Waals surface area contributed by atoms with E-state index in [0.29, 0.717) is 23.0 Å². The van der Waals surface area contributed by atoms with Crippen LogP contribution < -0.4 is 10.9 Å². The number of aromatic amines is 1. The summed E-state index contributed by atoms with van der Waals surface area (Å²) in [5, 5.41) is 3.18. The molecule has 1 aliphatic carbocycles. The van der Waals surface area contributed by atoms with Crippen LogP contribution in [0.2, 0.25) is 0 Å². The second kappa shape index (κ2) is 9.54. The summed E-state index contributed by atoms with van der Waals surface area (Å²) in [7, 11) is 0. The van der Waals surface area contributed by atoms with Crippen molar-refractivity contribution in [3.05, 3.63) is 51.4 Å². The summed E-state index contributed by atoms with van der Waals surface area (Å²) in [4.78, 5) is 43.8. The molecule has 8 heteroatoms. The average molecular weight is 401 g/mol.